The van der Waals surface area contributed by atoms with Crippen LogP contribution in [0, 0.1) is 0 Å². The molecule has 0 heterocycles. The molecule has 26 heavy (non-hydrogen) atoms. The SMILES string of the molecule is O=C(/C=N\NC(=O)c1ccccc1)C(=O)/C=N\NC(=O)c1ccccc1. The smallest absolute Gasteiger partial charge is 0.271 e. The molecule has 8 nitrogen and oxygen atoms in total. The van der Waals surface area contributed by atoms with E-state index in [1.165, 1.54) is 0 Å². The zero-order valence-corrected chi connectivity index (χ0v) is 13.5. The van der Waals surface area contributed by atoms with Crippen molar-refractivity contribution in [3.8, 4) is 0 Å². The van der Waals surface area contributed by atoms with Crippen LogP contribution in [0.1, 0.15) is 20.7 Å². The zero-order chi connectivity index (χ0) is 18.8. The first-order chi connectivity index (χ1) is 12.6. The van der Waals surface area contributed by atoms with Crippen molar-refractivity contribution in [3.05, 3.63) is 71.8 Å². The number of hydrazone groups is 2. The molecule has 130 valence electrons. The van der Waals surface area contributed by atoms with Crippen molar-refractivity contribution < 1.29 is 19.2 Å². The van der Waals surface area contributed by atoms with Gasteiger partial charge in [-0.05, 0) is 24.3 Å². The third-order valence-electron chi connectivity index (χ3n) is 3.01. The summed E-state index contributed by atoms with van der Waals surface area (Å²) in [5.41, 5.74) is 4.96. The fourth-order valence-electron chi connectivity index (χ4n) is 1.73. The van der Waals surface area contributed by atoms with E-state index in [1.807, 2.05) is 0 Å². The zero-order valence-electron chi connectivity index (χ0n) is 13.5. The number of hydrogen-bond acceptors (Lipinski definition) is 6. The monoisotopic (exact) mass is 350 g/mol. The molecule has 0 spiro atoms. The molecule has 2 N–H and O–H groups in total. The maximum absolute atomic E-state index is 11.7. The van der Waals surface area contributed by atoms with Crippen molar-refractivity contribution in [1.29, 1.82) is 0 Å². The van der Waals surface area contributed by atoms with Gasteiger partial charge in [0.15, 0.2) is 0 Å². The molecule has 0 aromatic heterocycles. The molecule has 0 unspecified atom stereocenters. The Kier molecular flexibility index (Phi) is 6.64. The third kappa shape index (κ3) is 5.60. The lowest BCUT2D eigenvalue weighted by Crippen LogP contribution is -2.23. The average molecular weight is 350 g/mol. The number of ketones is 2. The van der Waals surface area contributed by atoms with Crippen molar-refractivity contribution in [2.45, 2.75) is 0 Å². The lowest BCUT2D eigenvalue weighted by atomic mass is 10.2. The Hall–Kier alpha value is -3.94. The first-order valence-electron chi connectivity index (χ1n) is 7.43. The number of carbonyl (C=O) groups is 4. The van der Waals surface area contributed by atoms with Crippen LogP contribution in [0.25, 0.3) is 0 Å². The van der Waals surface area contributed by atoms with Gasteiger partial charge in [0.2, 0.25) is 11.6 Å². The van der Waals surface area contributed by atoms with E-state index in [2.05, 4.69) is 21.1 Å². The van der Waals surface area contributed by atoms with E-state index < -0.39 is 23.4 Å². The second-order valence-corrected chi connectivity index (χ2v) is 4.86. The van der Waals surface area contributed by atoms with Crippen LogP contribution < -0.4 is 10.9 Å². The van der Waals surface area contributed by atoms with Gasteiger partial charge in [-0.15, -0.1) is 0 Å². The molecular weight excluding hydrogens is 336 g/mol. The number of rotatable bonds is 7. The summed E-state index contributed by atoms with van der Waals surface area (Å²) in [6.45, 7) is 0. The minimum atomic E-state index is -1.00. The Morgan fingerprint density at radius 1 is 0.615 bits per heavy atom. The number of benzene rings is 2. The van der Waals surface area contributed by atoms with E-state index in [0.717, 1.165) is 0 Å². The maximum atomic E-state index is 11.7. The Morgan fingerprint density at radius 3 is 1.31 bits per heavy atom. The predicted octanol–water partition coefficient (Wildman–Crippen LogP) is 0.956. The lowest BCUT2D eigenvalue weighted by molar-refractivity contribution is -0.128. The Morgan fingerprint density at radius 2 is 0.962 bits per heavy atom. The van der Waals surface area contributed by atoms with Gasteiger partial charge in [-0.25, -0.2) is 10.9 Å². The molecule has 0 radical (unpaired) electrons. The first-order valence-corrected chi connectivity index (χ1v) is 7.43. The highest BCUT2D eigenvalue weighted by molar-refractivity contribution is 6.72. The van der Waals surface area contributed by atoms with Crippen LogP contribution >= 0.6 is 0 Å². The standard InChI is InChI=1S/C18H14N4O4/c23-15(11-19-21-17(25)13-7-3-1-4-8-13)16(24)12-20-22-18(26)14-9-5-2-6-10-14/h1-12H,(H,21,25)(H,22,26)/b19-11-,20-12-. The molecule has 0 aliphatic heterocycles. The number of amides is 2. The Bertz CT molecular complexity index is 788. The van der Waals surface area contributed by atoms with E-state index in [0.29, 0.717) is 23.6 Å². The minimum absolute atomic E-state index is 0.355. The molecule has 2 aromatic rings. The van der Waals surface area contributed by atoms with Crippen molar-refractivity contribution in [1.82, 2.24) is 10.9 Å². The van der Waals surface area contributed by atoms with Crippen molar-refractivity contribution >= 4 is 35.8 Å². The van der Waals surface area contributed by atoms with Crippen LogP contribution in [0.2, 0.25) is 0 Å². The van der Waals surface area contributed by atoms with Crippen LogP contribution in [0.4, 0.5) is 0 Å². The highest BCUT2D eigenvalue weighted by Gasteiger charge is 2.09. The highest BCUT2D eigenvalue weighted by atomic mass is 16.2. The largest absolute Gasteiger partial charge is 0.284 e. The van der Waals surface area contributed by atoms with Gasteiger partial charge >= 0.3 is 0 Å². The normalized spacial score (nSPS) is 10.6. The molecule has 8 heteroatoms. The fraction of sp³-hybridized carbons (Fsp3) is 0. The Labute approximate surface area is 148 Å². The van der Waals surface area contributed by atoms with E-state index in [1.54, 1.807) is 60.7 Å². The summed E-state index contributed by atoms with van der Waals surface area (Å²) in [6.07, 6.45) is 1.32. The quantitative estimate of drug-likeness (QED) is 0.439. The number of nitrogens with one attached hydrogen (secondary N) is 2. The molecule has 0 saturated heterocycles. The molecule has 2 rings (SSSR count). The summed E-state index contributed by atoms with van der Waals surface area (Å²) in [4.78, 5) is 46.5. The summed E-state index contributed by atoms with van der Waals surface area (Å²) < 4.78 is 0. The minimum Gasteiger partial charge on any atom is -0.284 e. The van der Waals surface area contributed by atoms with Gasteiger partial charge in [-0.2, -0.15) is 10.2 Å². The van der Waals surface area contributed by atoms with Crippen molar-refractivity contribution in [2.24, 2.45) is 10.2 Å². The van der Waals surface area contributed by atoms with E-state index in [4.69, 9.17) is 0 Å². The fourth-order valence-corrected chi connectivity index (χ4v) is 1.73. The third-order valence-corrected chi connectivity index (χ3v) is 3.01. The molecule has 2 amide bonds. The van der Waals surface area contributed by atoms with Crippen LogP contribution in [-0.4, -0.2) is 35.8 Å². The van der Waals surface area contributed by atoms with E-state index in [-0.39, 0.29) is 0 Å². The van der Waals surface area contributed by atoms with Gasteiger partial charge in [0.05, 0.1) is 12.4 Å². The summed E-state index contributed by atoms with van der Waals surface area (Å²) in [7, 11) is 0. The van der Waals surface area contributed by atoms with Gasteiger partial charge in [0, 0.05) is 11.1 Å². The number of hydrogen-bond donors (Lipinski definition) is 2. The van der Waals surface area contributed by atoms with Gasteiger partial charge in [0.25, 0.3) is 11.8 Å². The summed E-state index contributed by atoms with van der Waals surface area (Å²) >= 11 is 0. The van der Waals surface area contributed by atoms with Crippen LogP contribution in [0.3, 0.4) is 0 Å². The molecule has 0 fully saturated rings. The number of nitrogens with zero attached hydrogens (tertiary/aromatic N) is 2. The van der Waals surface area contributed by atoms with Crippen molar-refractivity contribution in [3.63, 3.8) is 0 Å². The van der Waals surface area contributed by atoms with Crippen LogP contribution in [0.5, 0.6) is 0 Å². The lowest BCUT2D eigenvalue weighted by Gasteiger charge is -1.98. The predicted molar refractivity (Wildman–Crippen MR) is 94.8 cm³/mol. The average Bonchev–Trinajstić information content (AvgIpc) is 2.68. The number of Topliss-reactive ketones (excluding diaryl/α,β-unsaturated/α-hetero) is 2. The molecule has 0 aliphatic carbocycles. The second kappa shape index (κ2) is 9.38. The van der Waals surface area contributed by atoms with E-state index in [9.17, 15) is 19.2 Å². The molecule has 0 saturated carbocycles. The number of carbonyl (C=O) groups excluding carboxylic acids is 4. The molecule has 0 bridgehead atoms. The Balaban J connectivity index is 1.80. The maximum Gasteiger partial charge on any atom is 0.271 e. The summed E-state index contributed by atoms with van der Waals surface area (Å²) in [5, 5.41) is 6.83. The molecule has 0 atom stereocenters. The van der Waals surface area contributed by atoms with Crippen molar-refractivity contribution in [2.75, 3.05) is 0 Å². The highest BCUT2D eigenvalue weighted by Crippen LogP contribution is 1.98. The molecule has 2 aromatic carbocycles. The summed E-state index contributed by atoms with van der Waals surface area (Å²) in [6, 6.07) is 16.5. The van der Waals surface area contributed by atoms with Gasteiger partial charge < -0.3 is 0 Å². The van der Waals surface area contributed by atoms with Gasteiger partial charge in [-0.1, -0.05) is 36.4 Å². The van der Waals surface area contributed by atoms with Crippen LogP contribution in [-0.2, 0) is 9.59 Å². The van der Waals surface area contributed by atoms with Crippen LogP contribution in [0.15, 0.2) is 70.9 Å². The van der Waals surface area contributed by atoms with Gasteiger partial charge in [0.1, 0.15) is 0 Å². The summed E-state index contributed by atoms with van der Waals surface area (Å²) in [5.74, 6) is -3.05. The topological polar surface area (TPSA) is 117 Å². The first kappa shape index (κ1) is 18.4. The molecular formula is C18H14N4O4. The van der Waals surface area contributed by atoms with Gasteiger partial charge in [-0.3, -0.25) is 19.2 Å². The van der Waals surface area contributed by atoms with E-state index >= 15 is 0 Å². The molecule has 0 aliphatic rings. The second-order valence-electron chi connectivity index (χ2n) is 4.86.